The normalized spacial score (nSPS) is 11.5. The lowest BCUT2D eigenvalue weighted by atomic mass is 10.0. The number of thiophene rings is 1. The van der Waals surface area contributed by atoms with E-state index in [-0.39, 0.29) is 12.3 Å². The molecule has 1 aromatic carbocycles. The molecule has 1 atom stereocenters. The molecule has 8 heteroatoms. The predicted octanol–water partition coefficient (Wildman–Crippen LogP) is 3.46. The Hall–Kier alpha value is -2.71. The van der Waals surface area contributed by atoms with Gasteiger partial charge < -0.3 is 10.1 Å². The zero-order chi connectivity index (χ0) is 21.8. The molecule has 30 heavy (non-hydrogen) atoms. The number of hydrogen-bond donors (Lipinski definition) is 3. The van der Waals surface area contributed by atoms with Crippen LogP contribution >= 0.6 is 11.3 Å². The van der Waals surface area contributed by atoms with E-state index in [1.54, 1.807) is 16.8 Å². The van der Waals surface area contributed by atoms with Gasteiger partial charge in [-0.05, 0) is 46.4 Å². The van der Waals surface area contributed by atoms with Gasteiger partial charge in [0.1, 0.15) is 6.04 Å². The minimum absolute atomic E-state index is 0.201. The highest BCUT2D eigenvalue weighted by molar-refractivity contribution is 7.08. The molecule has 0 radical (unpaired) electrons. The minimum Gasteiger partial charge on any atom is -0.467 e. The van der Waals surface area contributed by atoms with Crippen LogP contribution in [-0.4, -0.2) is 36.1 Å². The van der Waals surface area contributed by atoms with Gasteiger partial charge in [0.25, 0.3) is 0 Å². The number of methoxy groups -OCH3 is 1. The molecule has 0 unspecified atom stereocenters. The van der Waals surface area contributed by atoms with Crippen LogP contribution in [0.15, 0.2) is 41.1 Å². The van der Waals surface area contributed by atoms with E-state index in [4.69, 9.17) is 9.94 Å². The van der Waals surface area contributed by atoms with Gasteiger partial charge in [0.15, 0.2) is 0 Å². The molecular formula is C22H28N2O5S. The molecule has 162 valence electrons. The number of hydrogen-bond acceptors (Lipinski definition) is 6. The number of ether oxygens (including phenoxy) is 1. The second-order valence-electron chi connectivity index (χ2n) is 7.01. The van der Waals surface area contributed by atoms with Gasteiger partial charge in [-0.1, -0.05) is 37.1 Å². The van der Waals surface area contributed by atoms with Crippen molar-refractivity contribution >= 4 is 29.1 Å². The van der Waals surface area contributed by atoms with Crippen molar-refractivity contribution in [1.82, 2.24) is 10.8 Å². The standard InChI is InChI=1S/C22H28N2O5S/c1-29-22(27)19(23-20(25)6-4-2-3-5-7-21(26)24-28)14-16-8-10-17(11-9-16)18-12-13-30-15-18/h8-13,15,19,28H,2-7,14H2,1H3,(H,23,25)(H,24,26)/t19-/m0/s1. The summed E-state index contributed by atoms with van der Waals surface area (Å²) in [6.45, 7) is 0. The second kappa shape index (κ2) is 12.8. The van der Waals surface area contributed by atoms with Gasteiger partial charge in [-0.2, -0.15) is 11.3 Å². The highest BCUT2D eigenvalue weighted by atomic mass is 32.1. The van der Waals surface area contributed by atoms with E-state index in [2.05, 4.69) is 16.8 Å². The Kier molecular flexibility index (Phi) is 10.0. The Balaban J connectivity index is 1.80. The van der Waals surface area contributed by atoms with Crippen molar-refractivity contribution in [3.05, 3.63) is 46.7 Å². The third-order valence-corrected chi connectivity index (χ3v) is 5.43. The van der Waals surface area contributed by atoms with Crippen LogP contribution in [-0.2, 0) is 25.5 Å². The van der Waals surface area contributed by atoms with E-state index in [1.807, 2.05) is 29.6 Å². The van der Waals surface area contributed by atoms with Gasteiger partial charge in [0.2, 0.25) is 11.8 Å². The highest BCUT2D eigenvalue weighted by Crippen LogP contribution is 2.22. The van der Waals surface area contributed by atoms with Crippen molar-refractivity contribution in [1.29, 1.82) is 0 Å². The van der Waals surface area contributed by atoms with Gasteiger partial charge in [-0.15, -0.1) is 0 Å². The largest absolute Gasteiger partial charge is 0.467 e. The van der Waals surface area contributed by atoms with Crippen LogP contribution in [0.2, 0.25) is 0 Å². The number of carbonyl (C=O) groups is 3. The van der Waals surface area contributed by atoms with Gasteiger partial charge in [0.05, 0.1) is 7.11 Å². The molecule has 3 N–H and O–H groups in total. The fourth-order valence-electron chi connectivity index (χ4n) is 3.08. The van der Waals surface area contributed by atoms with E-state index >= 15 is 0 Å². The summed E-state index contributed by atoms with van der Waals surface area (Å²) in [4.78, 5) is 35.3. The third-order valence-electron chi connectivity index (χ3n) is 4.75. The zero-order valence-electron chi connectivity index (χ0n) is 17.1. The number of unbranched alkanes of at least 4 members (excludes halogenated alkanes) is 3. The molecule has 2 aromatic rings. The average Bonchev–Trinajstić information content (AvgIpc) is 3.30. The number of nitrogens with one attached hydrogen (secondary N) is 2. The summed E-state index contributed by atoms with van der Waals surface area (Å²) >= 11 is 1.64. The molecule has 0 aliphatic rings. The summed E-state index contributed by atoms with van der Waals surface area (Å²) < 4.78 is 4.85. The molecule has 1 aromatic heterocycles. The van der Waals surface area contributed by atoms with Crippen LogP contribution in [0.4, 0.5) is 0 Å². The maximum atomic E-state index is 12.2. The van der Waals surface area contributed by atoms with Crippen molar-refractivity contribution < 1.29 is 24.3 Å². The average molecular weight is 433 g/mol. The van der Waals surface area contributed by atoms with Gasteiger partial charge in [-0.25, -0.2) is 10.3 Å². The maximum absolute atomic E-state index is 12.2. The van der Waals surface area contributed by atoms with Crippen LogP contribution in [0.3, 0.4) is 0 Å². The quantitative estimate of drug-likeness (QED) is 0.206. The van der Waals surface area contributed by atoms with Gasteiger partial charge in [-0.3, -0.25) is 14.8 Å². The number of hydroxylamine groups is 1. The highest BCUT2D eigenvalue weighted by Gasteiger charge is 2.21. The molecule has 2 amide bonds. The molecule has 7 nitrogen and oxygen atoms in total. The second-order valence-corrected chi connectivity index (χ2v) is 7.79. The lowest BCUT2D eigenvalue weighted by Crippen LogP contribution is -2.43. The Morgan fingerprint density at radius 3 is 2.20 bits per heavy atom. The lowest BCUT2D eigenvalue weighted by molar-refractivity contribution is -0.145. The SMILES string of the molecule is COC(=O)[C@H](Cc1ccc(-c2ccsc2)cc1)NC(=O)CCCCCCC(=O)NO. The summed E-state index contributed by atoms with van der Waals surface area (Å²) in [5.74, 6) is -1.08. The van der Waals surface area contributed by atoms with Crippen LogP contribution < -0.4 is 10.8 Å². The number of rotatable bonds is 12. The first kappa shape index (κ1) is 23.6. The first-order valence-electron chi connectivity index (χ1n) is 9.95. The van der Waals surface area contributed by atoms with Gasteiger partial charge in [0, 0.05) is 19.3 Å². The Bertz CT molecular complexity index is 805. The summed E-state index contributed by atoms with van der Waals surface area (Å²) in [5, 5.41) is 15.3. The molecule has 0 saturated heterocycles. The molecule has 2 rings (SSSR count). The number of esters is 1. The summed E-state index contributed by atoms with van der Waals surface area (Å²) in [6.07, 6.45) is 3.82. The van der Waals surface area contributed by atoms with Crippen molar-refractivity contribution in [3.8, 4) is 11.1 Å². The number of carbonyl (C=O) groups excluding carboxylic acids is 3. The van der Waals surface area contributed by atoms with Crippen molar-refractivity contribution in [2.75, 3.05) is 7.11 Å². The fourth-order valence-corrected chi connectivity index (χ4v) is 3.75. The Morgan fingerprint density at radius 1 is 0.967 bits per heavy atom. The molecule has 0 aliphatic carbocycles. The molecule has 0 spiro atoms. The summed E-state index contributed by atoms with van der Waals surface area (Å²) in [5.41, 5.74) is 4.79. The Morgan fingerprint density at radius 2 is 1.63 bits per heavy atom. The van der Waals surface area contributed by atoms with E-state index in [9.17, 15) is 14.4 Å². The maximum Gasteiger partial charge on any atom is 0.328 e. The van der Waals surface area contributed by atoms with Crippen LogP contribution in [0.5, 0.6) is 0 Å². The predicted molar refractivity (Wildman–Crippen MR) is 115 cm³/mol. The van der Waals surface area contributed by atoms with Crippen molar-refractivity contribution in [2.24, 2.45) is 0 Å². The molecule has 1 heterocycles. The smallest absolute Gasteiger partial charge is 0.328 e. The first-order chi connectivity index (χ1) is 14.5. The zero-order valence-corrected chi connectivity index (χ0v) is 17.9. The first-order valence-corrected chi connectivity index (χ1v) is 10.9. The molecule has 0 aliphatic heterocycles. The van der Waals surface area contributed by atoms with E-state index in [0.717, 1.165) is 29.5 Å². The Labute approximate surface area is 180 Å². The molecular weight excluding hydrogens is 404 g/mol. The third kappa shape index (κ3) is 7.96. The molecule has 0 fully saturated rings. The number of benzene rings is 1. The number of amides is 2. The lowest BCUT2D eigenvalue weighted by Gasteiger charge is -2.17. The van der Waals surface area contributed by atoms with Crippen LogP contribution in [0.25, 0.3) is 11.1 Å². The minimum atomic E-state index is -0.734. The van der Waals surface area contributed by atoms with Crippen molar-refractivity contribution in [3.63, 3.8) is 0 Å². The van der Waals surface area contributed by atoms with Crippen LogP contribution in [0, 0.1) is 0 Å². The molecule has 0 saturated carbocycles. The molecule has 0 bridgehead atoms. The van der Waals surface area contributed by atoms with Crippen LogP contribution in [0.1, 0.15) is 44.1 Å². The summed E-state index contributed by atoms with van der Waals surface area (Å²) in [6, 6.07) is 9.24. The van der Waals surface area contributed by atoms with E-state index < -0.39 is 17.9 Å². The van der Waals surface area contributed by atoms with E-state index in [0.29, 0.717) is 25.7 Å². The monoisotopic (exact) mass is 432 g/mol. The topological polar surface area (TPSA) is 105 Å². The van der Waals surface area contributed by atoms with Gasteiger partial charge >= 0.3 is 5.97 Å². The fraction of sp³-hybridized carbons (Fsp3) is 0.409. The van der Waals surface area contributed by atoms with Crippen molar-refractivity contribution in [2.45, 2.75) is 51.0 Å². The summed E-state index contributed by atoms with van der Waals surface area (Å²) in [7, 11) is 1.31. The van der Waals surface area contributed by atoms with E-state index in [1.165, 1.54) is 7.11 Å².